The Kier molecular flexibility index (Phi) is 4.02. The fourth-order valence-electron chi connectivity index (χ4n) is 4.88. The molecule has 1 saturated heterocycles. The van der Waals surface area contributed by atoms with Gasteiger partial charge in [0, 0.05) is 36.8 Å². The maximum Gasteiger partial charge on any atom is 0.0418 e. The van der Waals surface area contributed by atoms with Gasteiger partial charge in [-0.05, 0) is 47.7 Å². The van der Waals surface area contributed by atoms with Gasteiger partial charge < -0.3 is 10.2 Å². The Bertz CT molecular complexity index is 963. The number of nitrogens with zero attached hydrogens (tertiary/aromatic N) is 1. The molecule has 1 aliphatic carbocycles. The normalized spacial score (nSPS) is 23.8. The Morgan fingerprint density at radius 1 is 0.815 bits per heavy atom. The maximum atomic E-state index is 3.62. The zero-order chi connectivity index (χ0) is 18.4. The van der Waals surface area contributed by atoms with Crippen molar-refractivity contribution in [2.45, 2.75) is 31.8 Å². The fraction of sp³-hybridized carbons (Fsp3) is 0.280. The first kappa shape index (κ1) is 16.6. The topological polar surface area (TPSA) is 15.3 Å². The van der Waals surface area contributed by atoms with Gasteiger partial charge in [-0.25, -0.2) is 0 Å². The van der Waals surface area contributed by atoms with E-state index in [1.54, 1.807) is 0 Å². The number of fused-ring (bicyclic) bond motifs is 3. The predicted octanol–water partition coefficient (Wildman–Crippen LogP) is 5.03. The molecule has 136 valence electrons. The van der Waals surface area contributed by atoms with E-state index in [-0.39, 0.29) is 0 Å². The van der Waals surface area contributed by atoms with Crippen LogP contribution in [0.1, 0.15) is 36.5 Å². The summed E-state index contributed by atoms with van der Waals surface area (Å²) >= 11 is 0. The van der Waals surface area contributed by atoms with Gasteiger partial charge in [0.05, 0.1) is 0 Å². The molecule has 0 spiro atoms. The fourth-order valence-corrected chi connectivity index (χ4v) is 4.88. The van der Waals surface area contributed by atoms with Crippen LogP contribution in [0.3, 0.4) is 0 Å². The third-order valence-electron chi connectivity index (χ3n) is 6.41. The lowest BCUT2D eigenvalue weighted by molar-refractivity contribution is 0.403. The summed E-state index contributed by atoms with van der Waals surface area (Å²) in [5.41, 5.74) is 8.48. The Morgan fingerprint density at radius 3 is 2.41 bits per heavy atom. The standard InChI is InChI=1S/C25H26N2/c1-17-18(2)27(16-15-26-17)23-14-8-13-22-20-11-6-7-12-21(20)24(25(22)23)19-9-4-3-5-10-19/h3-14,17-18,24,26H,15-16H2,1-2H3. The van der Waals surface area contributed by atoms with Gasteiger partial charge in [0.2, 0.25) is 0 Å². The summed E-state index contributed by atoms with van der Waals surface area (Å²) < 4.78 is 0. The van der Waals surface area contributed by atoms with Crippen LogP contribution in [0, 0.1) is 0 Å². The lowest BCUT2D eigenvalue weighted by Crippen LogP contribution is -2.55. The Hall–Kier alpha value is -2.58. The minimum Gasteiger partial charge on any atom is -0.366 e. The molecule has 3 atom stereocenters. The van der Waals surface area contributed by atoms with Crippen LogP contribution in [0.15, 0.2) is 72.8 Å². The predicted molar refractivity (Wildman–Crippen MR) is 114 cm³/mol. The van der Waals surface area contributed by atoms with E-state index in [1.165, 1.54) is 33.5 Å². The van der Waals surface area contributed by atoms with Crippen molar-refractivity contribution in [3.63, 3.8) is 0 Å². The smallest absolute Gasteiger partial charge is 0.0418 e. The average Bonchev–Trinajstić information content (AvgIpc) is 3.05. The number of hydrogen-bond donors (Lipinski definition) is 1. The molecule has 1 N–H and O–H groups in total. The molecule has 0 aromatic heterocycles. The van der Waals surface area contributed by atoms with Crippen molar-refractivity contribution in [2.75, 3.05) is 18.0 Å². The van der Waals surface area contributed by atoms with Crippen molar-refractivity contribution in [2.24, 2.45) is 0 Å². The Morgan fingerprint density at radius 2 is 1.56 bits per heavy atom. The third kappa shape index (κ3) is 2.59. The molecular formula is C25H26N2. The molecule has 1 heterocycles. The number of rotatable bonds is 2. The van der Waals surface area contributed by atoms with Gasteiger partial charge in [-0.1, -0.05) is 66.7 Å². The van der Waals surface area contributed by atoms with Crippen molar-refractivity contribution in [1.82, 2.24) is 5.32 Å². The van der Waals surface area contributed by atoms with E-state index in [2.05, 4.69) is 96.9 Å². The first-order chi connectivity index (χ1) is 13.3. The van der Waals surface area contributed by atoms with Crippen molar-refractivity contribution in [3.05, 3.63) is 89.5 Å². The molecule has 3 aromatic carbocycles. The SMILES string of the molecule is CC1NCCN(c2cccc3c2C(c2ccccc2)c2ccccc2-3)C1C. The third-order valence-corrected chi connectivity index (χ3v) is 6.41. The van der Waals surface area contributed by atoms with E-state index >= 15 is 0 Å². The second-order valence-electron chi connectivity index (χ2n) is 7.85. The average molecular weight is 354 g/mol. The van der Waals surface area contributed by atoms with Crippen LogP contribution in [0.2, 0.25) is 0 Å². The van der Waals surface area contributed by atoms with Crippen LogP contribution < -0.4 is 10.2 Å². The Labute approximate surface area is 161 Å². The number of nitrogens with one attached hydrogen (secondary N) is 1. The van der Waals surface area contributed by atoms with Crippen LogP contribution in [-0.2, 0) is 0 Å². The first-order valence-corrected chi connectivity index (χ1v) is 10.0. The van der Waals surface area contributed by atoms with E-state index in [0.717, 1.165) is 13.1 Å². The lowest BCUT2D eigenvalue weighted by atomic mass is 9.87. The molecule has 0 radical (unpaired) electrons. The molecule has 2 aliphatic rings. The highest BCUT2D eigenvalue weighted by Gasteiger charge is 2.35. The van der Waals surface area contributed by atoms with Gasteiger partial charge in [-0.2, -0.15) is 0 Å². The second-order valence-corrected chi connectivity index (χ2v) is 7.85. The molecule has 1 aliphatic heterocycles. The molecule has 3 unspecified atom stereocenters. The number of anilines is 1. The van der Waals surface area contributed by atoms with Crippen LogP contribution in [-0.4, -0.2) is 25.2 Å². The van der Waals surface area contributed by atoms with Gasteiger partial charge >= 0.3 is 0 Å². The maximum absolute atomic E-state index is 3.62. The van der Waals surface area contributed by atoms with Gasteiger partial charge in [0.1, 0.15) is 0 Å². The van der Waals surface area contributed by atoms with Crippen LogP contribution in [0.5, 0.6) is 0 Å². The molecule has 0 amide bonds. The summed E-state index contributed by atoms with van der Waals surface area (Å²) in [5.74, 6) is 0.311. The summed E-state index contributed by atoms with van der Waals surface area (Å²) in [6.45, 7) is 6.73. The lowest BCUT2D eigenvalue weighted by Gasteiger charge is -2.41. The summed E-state index contributed by atoms with van der Waals surface area (Å²) in [6, 6.07) is 27.7. The van der Waals surface area contributed by atoms with Gasteiger partial charge in [-0.15, -0.1) is 0 Å². The van der Waals surface area contributed by atoms with Crippen LogP contribution in [0.4, 0.5) is 5.69 Å². The van der Waals surface area contributed by atoms with E-state index < -0.39 is 0 Å². The van der Waals surface area contributed by atoms with Gasteiger partial charge in [0.15, 0.2) is 0 Å². The van der Waals surface area contributed by atoms with E-state index in [9.17, 15) is 0 Å². The highest BCUT2D eigenvalue weighted by atomic mass is 15.2. The monoisotopic (exact) mass is 354 g/mol. The first-order valence-electron chi connectivity index (χ1n) is 10.0. The molecule has 0 bridgehead atoms. The summed E-state index contributed by atoms with van der Waals surface area (Å²) in [6.07, 6.45) is 0. The number of benzene rings is 3. The molecule has 1 fully saturated rings. The second kappa shape index (κ2) is 6.54. The van der Waals surface area contributed by atoms with E-state index in [1.807, 2.05) is 0 Å². The van der Waals surface area contributed by atoms with Crippen LogP contribution in [0.25, 0.3) is 11.1 Å². The molecule has 2 nitrogen and oxygen atoms in total. The van der Waals surface area contributed by atoms with Crippen molar-refractivity contribution >= 4 is 5.69 Å². The van der Waals surface area contributed by atoms with Gasteiger partial charge in [-0.3, -0.25) is 0 Å². The number of hydrogen-bond acceptors (Lipinski definition) is 2. The summed E-state index contributed by atoms with van der Waals surface area (Å²) in [4.78, 5) is 2.61. The van der Waals surface area contributed by atoms with Crippen molar-refractivity contribution < 1.29 is 0 Å². The van der Waals surface area contributed by atoms with E-state index in [0.29, 0.717) is 18.0 Å². The summed E-state index contributed by atoms with van der Waals surface area (Å²) in [5, 5.41) is 3.62. The highest BCUT2D eigenvalue weighted by Crippen LogP contribution is 2.51. The van der Waals surface area contributed by atoms with Crippen LogP contribution >= 0.6 is 0 Å². The zero-order valence-electron chi connectivity index (χ0n) is 16.0. The summed E-state index contributed by atoms with van der Waals surface area (Å²) in [7, 11) is 0. The molecule has 2 heteroatoms. The van der Waals surface area contributed by atoms with Crippen molar-refractivity contribution in [1.29, 1.82) is 0 Å². The quantitative estimate of drug-likeness (QED) is 0.543. The molecule has 5 rings (SSSR count). The molecular weight excluding hydrogens is 328 g/mol. The van der Waals surface area contributed by atoms with Crippen molar-refractivity contribution in [3.8, 4) is 11.1 Å². The highest BCUT2D eigenvalue weighted by molar-refractivity contribution is 5.86. The number of piperazine rings is 1. The Balaban J connectivity index is 1.73. The molecule has 3 aromatic rings. The molecule has 27 heavy (non-hydrogen) atoms. The molecule has 0 saturated carbocycles. The zero-order valence-corrected chi connectivity index (χ0v) is 16.0. The minimum atomic E-state index is 0.311. The van der Waals surface area contributed by atoms with E-state index in [4.69, 9.17) is 0 Å². The van der Waals surface area contributed by atoms with Gasteiger partial charge in [0.25, 0.3) is 0 Å². The minimum absolute atomic E-state index is 0.311. The largest absolute Gasteiger partial charge is 0.366 e.